The summed E-state index contributed by atoms with van der Waals surface area (Å²) in [5.41, 5.74) is 10.9. The molecule has 0 aliphatic carbocycles. The molecule has 0 fully saturated rings. The predicted molar refractivity (Wildman–Crippen MR) is 225 cm³/mol. The highest BCUT2D eigenvalue weighted by Crippen LogP contribution is 2.39. The van der Waals surface area contributed by atoms with Gasteiger partial charge in [0.25, 0.3) is 0 Å². The molecule has 0 atom stereocenters. The van der Waals surface area contributed by atoms with E-state index in [4.69, 9.17) is 26.2 Å². The molecule has 10 aromatic rings. The van der Waals surface area contributed by atoms with Gasteiger partial charge in [0.05, 0.1) is 6.85 Å². The molecule has 2 aromatic heterocycles. The van der Waals surface area contributed by atoms with Gasteiger partial charge >= 0.3 is 0 Å². The van der Waals surface area contributed by atoms with Crippen LogP contribution in [0, 0.1) is 0 Å². The summed E-state index contributed by atoms with van der Waals surface area (Å²) in [5, 5.41) is 1.79. The van der Waals surface area contributed by atoms with E-state index in [0.29, 0.717) is 34.2 Å². The maximum absolute atomic E-state index is 8.58. The lowest BCUT2D eigenvalue weighted by molar-refractivity contribution is 0.669. The Morgan fingerprint density at radius 2 is 0.836 bits per heavy atom. The zero-order chi connectivity index (χ0) is 40.9. The summed E-state index contributed by atoms with van der Waals surface area (Å²) in [6.45, 7) is 0. The van der Waals surface area contributed by atoms with Crippen molar-refractivity contribution in [1.82, 2.24) is 15.0 Å². The first-order valence-electron chi connectivity index (χ1n) is 20.5. The molecule has 0 saturated heterocycles. The molecule has 0 amide bonds. The molecule has 0 spiro atoms. The van der Waals surface area contributed by atoms with Gasteiger partial charge < -0.3 is 4.42 Å². The largest absolute Gasteiger partial charge is 0.456 e. The number of nitrogens with zero attached hydrogens (tertiary/aromatic N) is 3. The van der Waals surface area contributed by atoms with Crippen LogP contribution in [0.3, 0.4) is 0 Å². The van der Waals surface area contributed by atoms with Crippen molar-refractivity contribution in [3.05, 3.63) is 200 Å². The average molecular weight is 709 g/mol. The quantitative estimate of drug-likeness (QED) is 0.165. The Kier molecular flexibility index (Phi) is 6.85. The van der Waals surface area contributed by atoms with Crippen LogP contribution in [0.2, 0.25) is 0 Å². The first-order valence-corrected chi connectivity index (χ1v) is 18.0. The van der Waals surface area contributed by atoms with E-state index in [1.54, 1.807) is 18.2 Å². The normalized spacial score (nSPS) is 12.5. The lowest BCUT2D eigenvalue weighted by Crippen LogP contribution is -2.00. The predicted octanol–water partition coefficient (Wildman–Crippen LogP) is 13.4. The van der Waals surface area contributed by atoms with Gasteiger partial charge in [-0.1, -0.05) is 176 Å². The van der Waals surface area contributed by atoms with E-state index in [-0.39, 0.29) is 17.6 Å². The van der Waals surface area contributed by atoms with Gasteiger partial charge in [0.1, 0.15) is 11.2 Å². The van der Waals surface area contributed by atoms with E-state index in [0.717, 1.165) is 49.7 Å². The van der Waals surface area contributed by atoms with E-state index in [1.165, 1.54) is 11.1 Å². The number of hydrogen-bond donors (Lipinski definition) is 0. The molecular weight excluding hydrogens is 671 g/mol. The molecule has 8 aromatic carbocycles. The number of benzene rings is 8. The van der Waals surface area contributed by atoms with Crippen LogP contribution in [-0.4, -0.2) is 15.0 Å². The van der Waals surface area contributed by atoms with E-state index >= 15 is 0 Å². The number of furan rings is 1. The van der Waals surface area contributed by atoms with Gasteiger partial charge in [0, 0.05) is 27.5 Å². The van der Waals surface area contributed by atoms with Crippen LogP contribution in [0.4, 0.5) is 0 Å². The zero-order valence-electron chi connectivity index (χ0n) is 34.4. The summed E-state index contributed by atoms with van der Waals surface area (Å²) in [6.07, 6.45) is 0. The van der Waals surface area contributed by atoms with Crippen LogP contribution in [-0.2, 0) is 0 Å². The van der Waals surface area contributed by atoms with Crippen LogP contribution in [0.25, 0.3) is 101 Å². The Bertz CT molecular complexity index is 3210. The van der Waals surface area contributed by atoms with Crippen LogP contribution in [0.5, 0.6) is 0 Å². The fourth-order valence-corrected chi connectivity index (χ4v) is 7.08. The minimum Gasteiger partial charge on any atom is -0.456 e. The molecule has 0 aliphatic heterocycles. The molecule has 0 N–H and O–H groups in total. The van der Waals surface area contributed by atoms with Crippen molar-refractivity contribution >= 4 is 21.9 Å². The summed E-state index contributed by atoms with van der Waals surface area (Å²) < 4.78 is 48.2. The molecule has 4 heteroatoms. The summed E-state index contributed by atoms with van der Waals surface area (Å²) in [5.74, 6) is 1.28. The number of aromatic nitrogens is 3. The highest BCUT2D eigenvalue weighted by atomic mass is 16.3. The molecule has 55 heavy (non-hydrogen) atoms. The molecule has 0 radical (unpaired) electrons. The number of fused-ring (bicyclic) bond motifs is 3. The Morgan fingerprint density at radius 1 is 0.345 bits per heavy atom. The molecule has 10 rings (SSSR count). The second-order valence-corrected chi connectivity index (χ2v) is 13.3. The topological polar surface area (TPSA) is 51.8 Å². The monoisotopic (exact) mass is 708 g/mol. The van der Waals surface area contributed by atoms with Crippen molar-refractivity contribution < 1.29 is 11.3 Å². The first-order chi connectivity index (χ1) is 29.3. The van der Waals surface area contributed by atoms with Crippen molar-refractivity contribution in [1.29, 1.82) is 0 Å². The lowest BCUT2D eigenvalue weighted by Gasteiger charge is -2.10. The van der Waals surface area contributed by atoms with Crippen molar-refractivity contribution in [3.8, 4) is 78.7 Å². The molecule has 0 bridgehead atoms. The number of hydrogen-bond acceptors (Lipinski definition) is 4. The third kappa shape index (κ3) is 6.26. The Hall–Kier alpha value is -7.43. The molecular formula is C51H33N3O. The lowest BCUT2D eigenvalue weighted by atomic mass is 9.97. The van der Waals surface area contributed by atoms with Crippen molar-refractivity contribution in [3.63, 3.8) is 0 Å². The van der Waals surface area contributed by atoms with Gasteiger partial charge in [-0.15, -0.1) is 0 Å². The van der Waals surface area contributed by atoms with Crippen LogP contribution < -0.4 is 0 Å². The summed E-state index contributed by atoms with van der Waals surface area (Å²) >= 11 is 0. The fourth-order valence-electron chi connectivity index (χ4n) is 7.08. The second kappa shape index (κ2) is 13.8. The maximum Gasteiger partial charge on any atom is 0.164 e. The summed E-state index contributed by atoms with van der Waals surface area (Å²) in [6, 6.07) is 54.7. The third-order valence-corrected chi connectivity index (χ3v) is 9.86. The molecule has 0 unspecified atom stereocenters. The minimum absolute atomic E-state index is 0.110. The molecule has 0 saturated carbocycles. The summed E-state index contributed by atoms with van der Waals surface area (Å²) in [7, 11) is 0. The minimum atomic E-state index is -0.438. The highest BCUT2D eigenvalue weighted by molar-refractivity contribution is 6.12. The van der Waals surface area contributed by atoms with Gasteiger partial charge in [-0.2, -0.15) is 0 Å². The smallest absolute Gasteiger partial charge is 0.164 e. The van der Waals surface area contributed by atoms with Gasteiger partial charge in [-0.3, -0.25) is 0 Å². The second-order valence-electron chi connectivity index (χ2n) is 13.3. The SMILES string of the molecule is [2H]c1c([2H])c([2H])c(-c2cccc(-c3nc(-c4ccccc4)nc(-c4cccc5oc6cc(-c7ccc(-c8ccc(-c9ccccc9)cc8)cc7)ccc6c45)n3)c2)c([2H])c1[2H]. The van der Waals surface area contributed by atoms with Gasteiger partial charge in [0.2, 0.25) is 0 Å². The molecule has 0 aliphatic rings. The van der Waals surface area contributed by atoms with E-state index in [2.05, 4.69) is 91.0 Å². The first kappa shape index (κ1) is 27.2. The van der Waals surface area contributed by atoms with E-state index in [9.17, 15) is 0 Å². The van der Waals surface area contributed by atoms with E-state index < -0.39 is 18.1 Å². The molecule has 2 heterocycles. The van der Waals surface area contributed by atoms with Crippen molar-refractivity contribution in [2.75, 3.05) is 0 Å². The van der Waals surface area contributed by atoms with Gasteiger partial charge in [0.15, 0.2) is 17.5 Å². The molecule has 258 valence electrons. The average Bonchev–Trinajstić information content (AvgIpc) is 3.69. The highest BCUT2D eigenvalue weighted by Gasteiger charge is 2.18. The van der Waals surface area contributed by atoms with Crippen molar-refractivity contribution in [2.24, 2.45) is 0 Å². The standard InChI is InChI=1S/C51H33N3O/c1-4-12-34(13-5-1)36-22-24-37(25-23-36)38-26-28-39(29-27-38)42-30-31-44-47(33-42)55-46-21-11-20-45(48(44)46)51-53-49(40-16-8-3-9-17-40)52-50(54-51)43-19-10-18-41(32-43)35-14-6-2-7-15-35/h1-33H/i2D,6D,7D,14D,15D. The van der Waals surface area contributed by atoms with Crippen LogP contribution in [0.1, 0.15) is 6.85 Å². The Labute approximate surface area is 326 Å². The fraction of sp³-hybridized carbons (Fsp3) is 0. The van der Waals surface area contributed by atoms with Gasteiger partial charge in [-0.05, 0) is 68.8 Å². The van der Waals surface area contributed by atoms with E-state index in [1.807, 2.05) is 60.7 Å². The molecule has 4 nitrogen and oxygen atoms in total. The zero-order valence-corrected chi connectivity index (χ0v) is 29.4. The number of rotatable bonds is 7. The Balaban J connectivity index is 1.03. The van der Waals surface area contributed by atoms with Gasteiger partial charge in [-0.25, -0.2) is 15.0 Å². The maximum atomic E-state index is 8.58. The van der Waals surface area contributed by atoms with Crippen molar-refractivity contribution in [2.45, 2.75) is 0 Å². The summed E-state index contributed by atoms with van der Waals surface area (Å²) in [4.78, 5) is 14.9. The van der Waals surface area contributed by atoms with Crippen LogP contribution in [0.15, 0.2) is 204 Å². The Morgan fingerprint density at radius 3 is 1.51 bits per heavy atom. The third-order valence-electron chi connectivity index (χ3n) is 9.86. The van der Waals surface area contributed by atoms with Crippen LogP contribution >= 0.6 is 0 Å².